The van der Waals surface area contributed by atoms with Crippen molar-refractivity contribution in [1.82, 2.24) is 15.1 Å². The fourth-order valence-electron chi connectivity index (χ4n) is 1.92. The lowest BCUT2D eigenvalue weighted by Gasteiger charge is -2.29. The van der Waals surface area contributed by atoms with E-state index in [0.29, 0.717) is 0 Å². The Kier molecular flexibility index (Phi) is 3.31. The van der Waals surface area contributed by atoms with Crippen LogP contribution in [0.15, 0.2) is 5.51 Å². The van der Waals surface area contributed by atoms with Crippen molar-refractivity contribution >= 4 is 16.5 Å². The fourth-order valence-corrected chi connectivity index (χ4v) is 2.38. The minimum atomic E-state index is 0.762. The number of aromatic nitrogens is 2. The number of rotatable bonds is 3. The molecule has 1 saturated heterocycles. The van der Waals surface area contributed by atoms with Crippen LogP contribution in [-0.4, -0.2) is 41.8 Å². The van der Waals surface area contributed by atoms with E-state index >= 15 is 0 Å². The summed E-state index contributed by atoms with van der Waals surface area (Å²) < 4.78 is 0. The second-order valence-electron chi connectivity index (χ2n) is 3.90. The lowest BCUT2D eigenvalue weighted by atomic mass is 9.99. The van der Waals surface area contributed by atoms with Crippen molar-refractivity contribution in [2.75, 3.05) is 32.0 Å². The summed E-state index contributed by atoms with van der Waals surface area (Å²) in [6.07, 6.45) is 2.65. The molecule has 4 nitrogen and oxygen atoms in total. The lowest BCUT2D eigenvalue weighted by Crippen LogP contribution is -2.35. The summed E-state index contributed by atoms with van der Waals surface area (Å²) in [5.74, 6) is 0.762. The van der Waals surface area contributed by atoms with Gasteiger partial charge in [-0.1, -0.05) is 11.3 Å². The van der Waals surface area contributed by atoms with E-state index < -0.39 is 0 Å². The molecule has 1 fully saturated rings. The van der Waals surface area contributed by atoms with Gasteiger partial charge in [-0.3, -0.25) is 0 Å². The fraction of sp³-hybridized carbons (Fsp3) is 0.778. The maximum absolute atomic E-state index is 3.96. The monoisotopic (exact) mass is 212 g/mol. The molecule has 1 aromatic rings. The van der Waals surface area contributed by atoms with E-state index in [1.54, 1.807) is 16.8 Å². The minimum absolute atomic E-state index is 0.762. The number of hydrogen-bond donors (Lipinski definition) is 1. The number of anilines is 1. The molecule has 0 bridgehead atoms. The average Bonchev–Trinajstić information content (AvgIpc) is 2.67. The van der Waals surface area contributed by atoms with Gasteiger partial charge in [-0.25, -0.2) is 0 Å². The van der Waals surface area contributed by atoms with E-state index in [9.17, 15) is 0 Å². The van der Waals surface area contributed by atoms with Gasteiger partial charge in [0.15, 0.2) is 0 Å². The summed E-state index contributed by atoms with van der Waals surface area (Å²) in [5.41, 5.74) is 1.76. The highest BCUT2D eigenvalue weighted by Gasteiger charge is 2.16. The van der Waals surface area contributed by atoms with Crippen LogP contribution < -0.4 is 5.32 Å². The molecule has 14 heavy (non-hydrogen) atoms. The van der Waals surface area contributed by atoms with Crippen molar-refractivity contribution < 1.29 is 0 Å². The summed E-state index contributed by atoms with van der Waals surface area (Å²) in [6.45, 7) is 3.47. The molecule has 0 aromatic carbocycles. The topological polar surface area (TPSA) is 41.0 Å². The second kappa shape index (κ2) is 4.70. The summed E-state index contributed by atoms with van der Waals surface area (Å²) >= 11 is 1.57. The molecule has 2 rings (SSSR count). The molecule has 78 valence electrons. The first-order valence-corrected chi connectivity index (χ1v) is 5.91. The van der Waals surface area contributed by atoms with Crippen LogP contribution in [0.2, 0.25) is 0 Å². The molecule has 5 heteroatoms. The number of nitrogens with zero attached hydrogens (tertiary/aromatic N) is 3. The standard InChI is InChI=1S/C9H16N4S/c1-13-4-2-3-8(6-13)5-10-9-12-11-7-14-9/h7-8H,2-6H2,1H3,(H,10,12). The van der Waals surface area contributed by atoms with Gasteiger partial charge in [-0.2, -0.15) is 0 Å². The zero-order valence-corrected chi connectivity index (χ0v) is 9.26. The zero-order chi connectivity index (χ0) is 9.80. The number of nitrogens with one attached hydrogen (secondary N) is 1. The van der Waals surface area contributed by atoms with Gasteiger partial charge < -0.3 is 10.2 Å². The van der Waals surface area contributed by atoms with Crippen LogP contribution in [0.3, 0.4) is 0 Å². The zero-order valence-electron chi connectivity index (χ0n) is 8.44. The molecule has 1 N–H and O–H groups in total. The van der Waals surface area contributed by atoms with Gasteiger partial charge in [-0.15, -0.1) is 10.2 Å². The summed E-state index contributed by atoms with van der Waals surface area (Å²) in [5, 5.41) is 12.0. The van der Waals surface area contributed by atoms with Gasteiger partial charge in [0.2, 0.25) is 5.13 Å². The summed E-state index contributed by atoms with van der Waals surface area (Å²) in [4.78, 5) is 2.40. The van der Waals surface area contributed by atoms with Crippen LogP contribution in [0.5, 0.6) is 0 Å². The van der Waals surface area contributed by atoms with Crippen molar-refractivity contribution in [3.05, 3.63) is 5.51 Å². The Hall–Kier alpha value is -0.680. The maximum atomic E-state index is 3.96. The highest BCUT2D eigenvalue weighted by atomic mass is 32.1. The molecule has 2 heterocycles. The molecule has 0 amide bonds. The van der Waals surface area contributed by atoms with Crippen molar-refractivity contribution in [3.8, 4) is 0 Å². The molecular formula is C9H16N4S. The maximum Gasteiger partial charge on any atom is 0.205 e. The second-order valence-corrected chi connectivity index (χ2v) is 4.73. The third kappa shape index (κ3) is 2.65. The highest BCUT2D eigenvalue weighted by Crippen LogP contribution is 2.16. The van der Waals surface area contributed by atoms with E-state index in [1.165, 1.54) is 25.9 Å². The Labute approximate surface area is 88.3 Å². The van der Waals surface area contributed by atoms with E-state index in [4.69, 9.17) is 0 Å². The molecule has 1 aliphatic heterocycles. The molecule has 1 aliphatic rings. The molecule has 0 aliphatic carbocycles. The van der Waals surface area contributed by atoms with Crippen LogP contribution >= 0.6 is 11.3 Å². The third-order valence-corrected chi connectivity index (χ3v) is 3.27. The Morgan fingerprint density at radius 3 is 3.36 bits per heavy atom. The molecular weight excluding hydrogens is 196 g/mol. The van der Waals surface area contributed by atoms with E-state index in [0.717, 1.165) is 17.6 Å². The Morgan fingerprint density at radius 2 is 2.64 bits per heavy atom. The largest absolute Gasteiger partial charge is 0.360 e. The summed E-state index contributed by atoms with van der Waals surface area (Å²) in [6, 6.07) is 0. The summed E-state index contributed by atoms with van der Waals surface area (Å²) in [7, 11) is 2.19. The minimum Gasteiger partial charge on any atom is -0.360 e. The smallest absolute Gasteiger partial charge is 0.205 e. The quantitative estimate of drug-likeness (QED) is 0.820. The lowest BCUT2D eigenvalue weighted by molar-refractivity contribution is 0.217. The number of likely N-dealkylation sites (tertiary alicyclic amines) is 1. The Balaban J connectivity index is 1.75. The van der Waals surface area contributed by atoms with E-state index in [1.807, 2.05) is 0 Å². The molecule has 1 aromatic heterocycles. The van der Waals surface area contributed by atoms with Crippen molar-refractivity contribution in [2.24, 2.45) is 5.92 Å². The van der Waals surface area contributed by atoms with E-state index in [2.05, 4.69) is 27.5 Å². The van der Waals surface area contributed by atoms with Gasteiger partial charge in [0.1, 0.15) is 5.51 Å². The Bertz CT molecular complexity index is 262. The van der Waals surface area contributed by atoms with Crippen LogP contribution in [0.1, 0.15) is 12.8 Å². The predicted molar refractivity (Wildman–Crippen MR) is 58.6 cm³/mol. The molecule has 0 radical (unpaired) electrons. The van der Waals surface area contributed by atoms with Crippen LogP contribution in [0.4, 0.5) is 5.13 Å². The first-order valence-electron chi connectivity index (χ1n) is 5.03. The van der Waals surface area contributed by atoms with Crippen molar-refractivity contribution in [3.63, 3.8) is 0 Å². The van der Waals surface area contributed by atoms with Gasteiger partial charge in [0.05, 0.1) is 0 Å². The van der Waals surface area contributed by atoms with Gasteiger partial charge in [-0.05, 0) is 32.4 Å². The van der Waals surface area contributed by atoms with Crippen LogP contribution in [0.25, 0.3) is 0 Å². The van der Waals surface area contributed by atoms with Crippen LogP contribution in [0, 0.1) is 5.92 Å². The van der Waals surface area contributed by atoms with Crippen molar-refractivity contribution in [2.45, 2.75) is 12.8 Å². The van der Waals surface area contributed by atoms with Gasteiger partial charge in [0, 0.05) is 13.1 Å². The van der Waals surface area contributed by atoms with Gasteiger partial charge >= 0.3 is 0 Å². The Morgan fingerprint density at radius 1 is 1.71 bits per heavy atom. The van der Waals surface area contributed by atoms with Crippen molar-refractivity contribution in [1.29, 1.82) is 0 Å². The molecule has 0 spiro atoms. The van der Waals surface area contributed by atoms with Gasteiger partial charge in [0.25, 0.3) is 0 Å². The molecule has 0 saturated carbocycles. The molecule has 1 atom stereocenters. The highest BCUT2D eigenvalue weighted by molar-refractivity contribution is 7.13. The average molecular weight is 212 g/mol. The van der Waals surface area contributed by atoms with Crippen LogP contribution in [-0.2, 0) is 0 Å². The number of piperidine rings is 1. The normalized spacial score (nSPS) is 23.6. The first kappa shape index (κ1) is 9.86. The predicted octanol–water partition coefficient (Wildman–Crippen LogP) is 1.29. The first-order chi connectivity index (χ1) is 6.84. The number of hydrogen-bond acceptors (Lipinski definition) is 5. The SMILES string of the molecule is CN1CCCC(CNc2nncs2)C1. The van der Waals surface area contributed by atoms with E-state index in [-0.39, 0.29) is 0 Å². The molecule has 1 unspecified atom stereocenters. The third-order valence-electron chi connectivity index (χ3n) is 2.62.